The second-order valence-electron chi connectivity index (χ2n) is 4.64. The fourth-order valence-corrected chi connectivity index (χ4v) is 2.87. The van der Waals surface area contributed by atoms with Gasteiger partial charge in [-0.1, -0.05) is 39.5 Å². The van der Waals surface area contributed by atoms with Crippen molar-refractivity contribution >= 4 is 11.3 Å². The molecular weight excluding hydrogens is 228 g/mol. The minimum atomic E-state index is 0.526. The van der Waals surface area contributed by atoms with Crippen LogP contribution in [0.2, 0.25) is 0 Å². The highest BCUT2D eigenvalue weighted by Crippen LogP contribution is 2.25. The molecule has 1 atom stereocenters. The van der Waals surface area contributed by atoms with E-state index in [1.54, 1.807) is 0 Å². The van der Waals surface area contributed by atoms with Gasteiger partial charge in [0, 0.05) is 17.1 Å². The number of thiazole rings is 1. The largest absolute Gasteiger partial charge is 0.309 e. The molecule has 0 radical (unpaired) electrons. The zero-order chi connectivity index (χ0) is 12.5. The van der Waals surface area contributed by atoms with Crippen LogP contribution in [0.15, 0.2) is 6.20 Å². The third kappa shape index (κ3) is 5.64. The Labute approximate surface area is 110 Å². The smallest absolute Gasteiger partial charge is 0.0897 e. The van der Waals surface area contributed by atoms with E-state index < -0.39 is 0 Å². The van der Waals surface area contributed by atoms with Gasteiger partial charge in [-0.15, -0.1) is 11.3 Å². The van der Waals surface area contributed by atoms with Gasteiger partial charge in [-0.25, -0.2) is 4.98 Å². The summed E-state index contributed by atoms with van der Waals surface area (Å²) in [6, 6.07) is 0.526. The van der Waals surface area contributed by atoms with Gasteiger partial charge in [0.15, 0.2) is 0 Å². The lowest BCUT2D eigenvalue weighted by atomic mass is 10.1. The van der Waals surface area contributed by atoms with Crippen molar-refractivity contribution in [1.29, 1.82) is 0 Å². The van der Waals surface area contributed by atoms with Gasteiger partial charge < -0.3 is 5.32 Å². The average molecular weight is 254 g/mol. The van der Waals surface area contributed by atoms with Crippen LogP contribution in [0.3, 0.4) is 0 Å². The van der Waals surface area contributed by atoms with E-state index >= 15 is 0 Å². The number of hydrogen-bond acceptors (Lipinski definition) is 3. The normalized spacial score (nSPS) is 12.9. The van der Waals surface area contributed by atoms with Gasteiger partial charge in [0.2, 0.25) is 0 Å². The monoisotopic (exact) mass is 254 g/mol. The van der Waals surface area contributed by atoms with E-state index in [4.69, 9.17) is 0 Å². The lowest BCUT2D eigenvalue weighted by Gasteiger charge is -2.16. The molecule has 0 aliphatic rings. The van der Waals surface area contributed by atoms with Crippen molar-refractivity contribution in [2.45, 2.75) is 65.3 Å². The second-order valence-corrected chi connectivity index (χ2v) is 5.90. The molecule has 0 saturated carbocycles. The highest BCUT2D eigenvalue weighted by Gasteiger charge is 2.12. The summed E-state index contributed by atoms with van der Waals surface area (Å²) in [6.07, 6.45) is 9.86. The molecule has 1 unspecified atom stereocenters. The van der Waals surface area contributed by atoms with Crippen molar-refractivity contribution in [2.75, 3.05) is 6.54 Å². The van der Waals surface area contributed by atoms with Gasteiger partial charge in [0.1, 0.15) is 0 Å². The molecule has 1 rings (SSSR count). The van der Waals surface area contributed by atoms with Crippen LogP contribution < -0.4 is 5.32 Å². The molecule has 3 heteroatoms. The summed E-state index contributed by atoms with van der Waals surface area (Å²) in [7, 11) is 0. The molecule has 0 aromatic carbocycles. The molecule has 1 aromatic heterocycles. The Bertz CT molecular complexity index is 296. The number of rotatable bonds is 9. The zero-order valence-electron chi connectivity index (χ0n) is 11.5. The number of unbranched alkanes of at least 4 members (excludes halogenated alkanes) is 3. The van der Waals surface area contributed by atoms with E-state index in [-0.39, 0.29) is 0 Å². The van der Waals surface area contributed by atoms with Gasteiger partial charge in [-0.05, 0) is 26.3 Å². The van der Waals surface area contributed by atoms with Crippen molar-refractivity contribution in [3.63, 3.8) is 0 Å². The summed E-state index contributed by atoms with van der Waals surface area (Å²) in [5.74, 6) is 0. The van der Waals surface area contributed by atoms with Gasteiger partial charge in [0.25, 0.3) is 0 Å². The van der Waals surface area contributed by atoms with Crippen LogP contribution in [-0.2, 0) is 0 Å². The maximum Gasteiger partial charge on any atom is 0.0897 e. The van der Waals surface area contributed by atoms with Gasteiger partial charge in [0.05, 0.1) is 5.01 Å². The molecule has 0 bridgehead atoms. The predicted molar refractivity (Wildman–Crippen MR) is 76.6 cm³/mol. The Hall–Kier alpha value is -0.410. The van der Waals surface area contributed by atoms with Crippen LogP contribution in [-0.4, -0.2) is 11.5 Å². The third-order valence-electron chi connectivity index (χ3n) is 2.97. The second kappa shape index (κ2) is 8.65. The van der Waals surface area contributed by atoms with E-state index in [0.29, 0.717) is 6.04 Å². The lowest BCUT2D eigenvalue weighted by molar-refractivity contribution is 0.475. The molecule has 0 saturated heterocycles. The molecule has 0 spiro atoms. The summed E-state index contributed by atoms with van der Waals surface area (Å²) in [5, 5.41) is 4.82. The van der Waals surface area contributed by atoms with Crippen LogP contribution in [0.25, 0.3) is 0 Å². The van der Waals surface area contributed by atoms with Crippen molar-refractivity contribution in [1.82, 2.24) is 10.3 Å². The molecule has 2 nitrogen and oxygen atoms in total. The first-order valence-corrected chi connectivity index (χ1v) is 7.75. The molecule has 17 heavy (non-hydrogen) atoms. The highest BCUT2D eigenvalue weighted by molar-refractivity contribution is 7.11. The van der Waals surface area contributed by atoms with E-state index in [0.717, 1.165) is 6.54 Å². The van der Waals surface area contributed by atoms with Crippen molar-refractivity contribution < 1.29 is 0 Å². The van der Waals surface area contributed by atoms with Crippen molar-refractivity contribution in [2.24, 2.45) is 0 Å². The Morgan fingerprint density at radius 1 is 1.24 bits per heavy atom. The first-order valence-electron chi connectivity index (χ1n) is 6.93. The maximum absolute atomic E-state index is 4.37. The minimum absolute atomic E-state index is 0.526. The van der Waals surface area contributed by atoms with E-state index in [9.17, 15) is 0 Å². The summed E-state index contributed by atoms with van der Waals surface area (Å²) in [4.78, 5) is 5.78. The van der Waals surface area contributed by atoms with E-state index in [2.05, 4.69) is 31.1 Å². The fourth-order valence-electron chi connectivity index (χ4n) is 1.98. The van der Waals surface area contributed by atoms with Crippen LogP contribution in [0.4, 0.5) is 0 Å². The van der Waals surface area contributed by atoms with Crippen LogP contribution >= 0.6 is 11.3 Å². The maximum atomic E-state index is 4.37. The van der Waals surface area contributed by atoms with Gasteiger partial charge in [-0.2, -0.15) is 0 Å². The average Bonchev–Trinajstić information content (AvgIpc) is 2.75. The Morgan fingerprint density at radius 2 is 2.06 bits per heavy atom. The van der Waals surface area contributed by atoms with Crippen molar-refractivity contribution in [3.05, 3.63) is 16.1 Å². The number of hydrogen-bond donors (Lipinski definition) is 1. The molecule has 0 aliphatic heterocycles. The topological polar surface area (TPSA) is 24.9 Å². The summed E-state index contributed by atoms with van der Waals surface area (Å²) >= 11 is 1.84. The molecule has 98 valence electrons. The highest BCUT2D eigenvalue weighted by atomic mass is 32.1. The minimum Gasteiger partial charge on any atom is -0.309 e. The molecule has 1 N–H and O–H groups in total. The number of nitrogens with zero attached hydrogens (tertiary/aromatic N) is 1. The first-order chi connectivity index (χ1) is 8.27. The van der Waals surface area contributed by atoms with Crippen LogP contribution in [0.5, 0.6) is 0 Å². The third-order valence-corrected chi connectivity index (χ3v) is 4.00. The Kier molecular flexibility index (Phi) is 7.45. The van der Waals surface area contributed by atoms with Crippen LogP contribution in [0, 0.1) is 6.92 Å². The number of aromatic nitrogens is 1. The van der Waals surface area contributed by atoms with Gasteiger partial charge >= 0.3 is 0 Å². The molecule has 0 amide bonds. The molecule has 0 aliphatic carbocycles. The lowest BCUT2D eigenvalue weighted by Crippen LogP contribution is -2.21. The standard InChI is InChI=1S/C14H26N2S/c1-4-6-7-8-9-13(15-10-5-2)14-11-16-12(3)17-14/h11,13,15H,4-10H2,1-3H3. The fraction of sp³-hybridized carbons (Fsp3) is 0.786. The Balaban J connectivity index is 2.42. The molecular formula is C14H26N2S. The Morgan fingerprint density at radius 3 is 2.65 bits per heavy atom. The summed E-state index contributed by atoms with van der Waals surface area (Å²) in [5.41, 5.74) is 0. The quantitative estimate of drug-likeness (QED) is 0.658. The van der Waals surface area contributed by atoms with Crippen molar-refractivity contribution in [3.8, 4) is 0 Å². The first kappa shape index (κ1) is 14.7. The van der Waals surface area contributed by atoms with Gasteiger partial charge in [-0.3, -0.25) is 0 Å². The molecule has 1 heterocycles. The molecule has 1 aromatic rings. The number of nitrogens with one attached hydrogen (secondary N) is 1. The SMILES string of the molecule is CCCCCCC(NCCC)c1cnc(C)s1. The van der Waals surface area contributed by atoms with E-state index in [1.807, 2.05) is 17.5 Å². The summed E-state index contributed by atoms with van der Waals surface area (Å²) in [6.45, 7) is 7.68. The van der Waals surface area contributed by atoms with Crippen LogP contribution in [0.1, 0.15) is 68.3 Å². The number of aryl methyl sites for hydroxylation is 1. The molecule has 0 fully saturated rings. The predicted octanol–water partition coefficient (Wildman–Crippen LogP) is 4.46. The zero-order valence-corrected chi connectivity index (χ0v) is 12.3. The summed E-state index contributed by atoms with van der Waals surface area (Å²) < 4.78 is 0. The van der Waals surface area contributed by atoms with E-state index in [1.165, 1.54) is 48.4 Å².